The molecule has 0 spiro atoms. The summed E-state index contributed by atoms with van der Waals surface area (Å²) in [6.45, 7) is 6.43. The van der Waals surface area contributed by atoms with E-state index >= 15 is 0 Å². The van der Waals surface area contributed by atoms with Gasteiger partial charge in [-0.2, -0.15) is 0 Å². The lowest BCUT2D eigenvalue weighted by Crippen LogP contribution is -2.44. The fourth-order valence-electron chi connectivity index (χ4n) is 1.69. The Labute approximate surface area is 109 Å². The number of methoxy groups -OCH3 is 1. The van der Waals surface area contributed by atoms with Gasteiger partial charge in [0, 0.05) is 18.8 Å². The van der Waals surface area contributed by atoms with Crippen LogP contribution < -0.4 is 10.6 Å². The van der Waals surface area contributed by atoms with Gasteiger partial charge in [-0.05, 0) is 32.9 Å². The van der Waals surface area contributed by atoms with Crippen molar-refractivity contribution >= 4 is 11.6 Å². The third-order valence-electron chi connectivity index (χ3n) is 2.66. The number of nitrogens with one attached hydrogen (secondary N) is 2. The maximum absolute atomic E-state index is 11.9. The number of aryl methyl sites for hydroxylation is 1. The van der Waals surface area contributed by atoms with Crippen molar-refractivity contribution in [2.24, 2.45) is 0 Å². The molecule has 0 aromatic heterocycles. The lowest BCUT2D eigenvalue weighted by Gasteiger charge is -2.19. The van der Waals surface area contributed by atoms with Crippen LogP contribution in [0.15, 0.2) is 24.3 Å². The van der Waals surface area contributed by atoms with E-state index in [4.69, 9.17) is 4.74 Å². The highest BCUT2D eigenvalue weighted by Gasteiger charge is 2.15. The molecule has 0 bridgehead atoms. The van der Waals surface area contributed by atoms with Gasteiger partial charge in [0.2, 0.25) is 5.91 Å². The Morgan fingerprint density at radius 3 is 2.44 bits per heavy atom. The average Bonchev–Trinajstić information content (AvgIpc) is 2.32. The smallest absolute Gasteiger partial charge is 0.241 e. The molecular weight excluding hydrogens is 228 g/mol. The molecule has 0 aliphatic heterocycles. The Morgan fingerprint density at radius 2 is 1.89 bits per heavy atom. The number of benzene rings is 1. The van der Waals surface area contributed by atoms with Gasteiger partial charge in [-0.15, -0.1) is 0 Å². The van der Waals surface area contributed by atoms with E-state index in [9.17, 15) is 4.79 Å². The van der Waals surface area contributed by atoms with Gasteiger partial charge in [0.1, 0.15) is 0 Å². The van der Waals surface area contributed by atoms with Crippen LogP contribution in [0.3, 0.4) is 0 Å². The maximum atomic E-state index is 11.9. The van der Waals surface area contributed by atoms with Crippen LogP contribution >= 0.6 is 0 Å². The Kier molecular flexibility index (Phi) is 5.82. The molecule has 0 saturated carbocycles. The van der Waals surface area contributed by atoms with Crippen LogP contribution in [0, 0.1) is 6.92 Å². The largest absolute Gasteiger partial charge is 0.383 e. The normalized spacial score (nSPS) is 14.0. The molecule has 100 valence electrons. The molecule has 0 aliphatic rings. The van der Waals surface area contributed by atoms with Crippen molar-refractivity contribution in [2.75, 3.05) is 19.0 Å². The van der Waals surface area contributed by atoms with Gasteiger partial charge in [-0.1, -0.05) is 17.7 Å². The van der Waals surface area contributed by atoms with E-state index in [1.54, 1.807) is 7.11 Å². The first-order chi connectivity index (χ1) is 8.52. The summed E-state index contributed by atoms with van der Waals surface area (Å²) >= 11 is 0. The monoisotopic (exact) mass is 250 g/mol. The van der Waals surface area contributed by atoms with Crippen LogP contribution in [0.4, 0.5) is 5.69 Å². The number of hydrogen-bond acceptors (Lipinski definition) is 3. The Morgan fingerprint density at radius 1 is 1.28 bits per heavy atom. The van der Waals surface area contributed by atoms with Crippen LogP contribution in [0.25, 0.3) is 0 Å². The summed E-state index contributed by atoms with van der Waals surface area (Å²) in [4.78, 5) is 11.9. The molecule has 2 N–H and O–H groups in total. The molecule has 4 heteroatoms. The molecule has 1 amide bonds. The molecule has 0 saturated heterocycles. The number of hydrogen-bond donors (Lipinski definition) is 2. The molecule has 0 heterocycles. The zero-order valence-electron chi connectivity index (χ0n) is 11.5. The van der Waals surface area contributed by atoms with Crippen molar-refractivity contribution in [2.45, 2.75) is 32.9 Å². The minimum absolute atomic E-state index is 0.0400. The highest BCUT2D eigenvalue weighted by Crippen LogP contribution is 2.08. The molecule has 1 rings (SSSR count). The van der Waals surface area contributed by atoms with Gasteiger partial charge in [0.15, 0.2) is 0 Å². The zero-order chi connectivity index (χ0) is 13.5. The van der Waals surface area contributed by atoms with E-state index in [2.05, 4.69) is 10.6 Å². The molecule has 2 atom stereocenters. The number of amides is 1. The summed E-state index contributed by atoms with van der Waals surface area (Å²) in [6.07, 6.45) is 0. The van der Waals surface area contributed by atoms with Gasteiger partial charge < -0.3 is 15.4 Å². The summed E-state index contributed by atoms with van der Waals surface area (Å²) in [7, 11) is 1.65. The molecule has 0 radical (unpaired) electrons. The lowest BCUT2D eigenvalue weighted by molar-refractivity contribution is -0.118. The number of ether oxygens (including phenoxy) is 1. The first kappa shape index (κ1) is 14.7. The van der Waals surface area contributed by atoms with E-state index in [1.807, 2.05) is 45.0 Å². The lowest BCUT2D eigenvalue weighted by atomic mass is 10.2. The van der Waals surface area contributed by atoms with Gasteiger partial charge in [0.05, 0.1) is 12.6 Å². The summed E-state index contributed by atoms with van der Waals surface area (Å²) in [5.41, 5.74) is 1.99. The second-order valence-electron chi connectivity index (χ2n) is 4.60. The first-order valence-corrected chi connectivity index (χ1v) is 6.15. The van der Waals surface area contributed by atoms with Crippen molar-refractivity contribution in [3.05, 3.63) is 29.8 Å². The minimum atomic E-state index is -0.253. The summed E-state index contributed by atoms with van der Waals surface area (Å²) in [5, 5.41) is 6.05. The fraction of sp³-hybridized carbons (Fsp3) is 0.500. The van der Waals surface area contributed by atoms with E-state index < -0.39 is 0 Å². The number of rotatable bonds is 6. The van der Waals surface area contributed by atoms with Crippen LogP contribution in [-0.2, 0) is 9.53 Å². The Hall–Kier alpha value is -1.39. The second kappa shape index (κ2) is 7.13. The summed E-state index contributed by atoms with van der Waals surface area (Å²) < 4.78 is 5.02. The highest BCUT2D eigenvalue weighted by atomic mass is 16.5. The van der Waals surface area contributed by atoms with Crippen LogP contribution in [0.5, 0.6) is 0 Å². The minimum Gasteiger partial charge on any atom is -0.383 e. The van der Waals surface area contributed by atoms with Gasteiger partial charge in [-0.3, -0.25) is 4.79 Å². The Bertz CT molecular complexity index is 376. The number of carbonyl (C=O) groups is 1. The van der Waals surface area contributed by atoms with Crippen LogP contribution in [-0.4, -0.2) is 31.7 Å². The number of carbonyl (C=O) groups excluding carboxylic acids is 1. The standard InChI is InChI=1S/C14H22N2O2/c1-10-5-7-13(8-6-10)16-14(17)12(3)15-11(2)9-18-4/h5-8,11-12,15H,9H2,1-4H3,(H,16,17). The second-order valence-corrected chi connectivity index (χ2v) is 4.60. The SMILES string of the molecule is COCC(C)NC(C)C(=O)Nc1ccc(C)cc1. The fourth-order valence-corrected chi connectivity index (χ4v) is 1.69. The third-order valence-corrected chi connectivity index (χ3v) is 2.66. The number of anilines is 1. The van der Waals surface area contributed by atoms with Gasteiger partial charge >= 0.3 is 0 Å². The van der Waals surface area contributed by atoms with Crippen molar-refractivity contribution in [1.29, 1.82) is 0 Å². The third kappa shape index (κ3) is 4.85. The van der Waals surface area contributed by atoms with E-state index in [0.29, 0.717) is 6.61 Å². The van der Waals surface area contributed by atoms with Crippen molar-refractivity contribution in [3.8, 4) is 0 Å². The predicted molar refractivity (Wildman–Crippen MR) is 73.7 cm³/mol. The predicted octanol–water partition coefficient (Wildman–Crippen LogP) is 1.95. The first-order valence-electron chi connectivity index (χ1n) is 6.15. The summed E-state index contributed by atoms with van der Waals surface area (Å²) in [6, 6.07) is 7.64. The van der Waals surface area contributed by atoms with Crippen LogP contribution in [0.2, 0.25) is 0 Å². The van der Waals surface area contributed by atoms with Gasteiger partial charge in [0.25, 0.3) is 0 Å². The van der Waals surface area contributed by atoms with E-state index in [-0.39, 0.29) is 18.0 Å². The van der Waals surface area contributed by atoms with Crippen molar-refractivity contribution in [3.63, 3.8) is 0 Å². The summed E-state index contributed by atoms with van der Waals surface area (Å²) in [5.74, 6) is -0.0400. The zero-order valence-corrected chi connectivity index (χ0v) is 11.5. The molecule has 0 aliphatic carbocycles. The van der Waals surface area contributed by atoms with Gasteiger partial charge in [-0.25, -0.2) is 0 Å². The molecule has 18 heavy (non-hydrogen) atoms. The van der Waals surface area contributed by atoms with E-state index in [1.165, 1.54) is 5.56 Å². The molecule has 1 aromatic carbocycles. The van der Waals surface area contributed by atoms with Crippen molar-refractivity contribution in [1.82, 2.24) is 5.32 Å². The molecular formula is C14H22N2O2. The topological polar surface area (TPSA) is 50.4 Å². The van der Waals surface area contributed by atoms with E-state index in [0.717, 1.165) is 5.69 Å². The molecule has 1 aromatic rings. The molecule has 4 nitrogen and oxygen atoms in total. The molecule has 0 fully saturated rings. The molecule has 2 unspecified atom stereocenters. The van der Waals surface area contributed by atoms with Crippen molar-refractivity contribution < 1.29 is 9.53 Å². The highest BCUT2D eigenvalue weighted by molar-refractivity contribution is 5.94. The van der Waals surface area contributed by atoms with Crippen LogP contribution in [0.1, 0.15) is 19.4 Å². The maximum Gasteiger partial charge on any atom is 0.241 e. The quantitative estimate of drug-likeness (QED) is 0.811. The average molecular weight is 250 g/mol. The Balaban J connectivity index is 2.46.